The fourth-order valence-corrected chi connectivity index (χ4v) is 4.36. The highest BCUT2D eigenvalue weighted by Crippen LogP contribution is 2.27. The zero-order valence-corrected chi connectivity index (χ0v) is 17.3. The number of carbonyl (C=O) groups is 1. The fourth-order valence-electron chi connectivity index (χ4n) is 2.98. The number of halogens is 1. The van der Waals surface area contributed by atoms with Gasteiger partial charge in [-0.25, -0.2) is 13.1 Å². The minimum Gasteiger partial charge on any atom is -0.494 e. The van der Waals surface area contributed by atoms with Gasteiger partial charge in [0.25, 0.3) is 0 Å². The lowest BCUT2D eigenvalue weighted by atomic mass is 10.1. The molecule has 0 bridgehead atoms. The van der Waals surface area contributed by atoms with Crippen LogP contribution in [0.15, 0.2) is 57.9 Å². The van der Waals surface area contributed by atoms with E-state index in [1.807, 2.05) is 31.2 Å². The molecule has 1 N–H and O–H groups in total. The van der Waals surface area contributed by atoms with Gasteiger partial charge in [0, 0.05) is 29.7 Å². The van der Waals surface area contributed by atoms with Crippen molar-refractivity contribution in [3.63, 3.8) is 0 Å². The summed E-state index contributed by atoms with van der Waals surface area (Å²) in [4.78, 5) is 14.2. The topological polar surface area (TPSA) is 75.7 Å². The molecule has 1 atom stereocenters. The first-order valence-electron chi connectivity index (χ1n) is 8.67. The summed E-state index contributed by atoms with van der Waals surface area (Å²) in [6.45, 7) is 3.20. The predicted octanol–water partition coefficient (Wildman–Crippen LogP) is 3.18. The van der Waals surface area contributed by atoms with E-state index in [4.69, 9.17) is 4.74 Å². The second kappa shape index (κ2) is 8.41. The molecule has 1 fully saturated rings. The van der Waals surface area contributed by atoms with E-state index in [1.165, 1.54) is 0 Å². The van der Waals surface area contributed by atoms with E-state index in [1.54, 1.807) is 29.2 Å². The number of hydrogen-bond acceptors (Lipinski definition) is 4. The number of nitrogens with one attached hydrogen (secondary N) is 1. The average Bonchev–Trinajstić information content (AvgIpc) is 3.02. The van der Waals surface area contributed by atoms with Crippen molar-refractivity contribution in [2.75, 3.05) is 24.6 Å². The number of amides is 1. The van der Waals surface area contributed by atoms with Crippen LogP contribution in [-0.4, -0.2) is 34.0 Å². The van der Waals surface area contributed by atoms with Crippen molar-refractivity contribution in [3.8, 4) is 5.75 Å². The van der Waals surface area contributed by atoms with Gasteiger partial charge in [0.2, 0.25) is 15.9 Å². The third-order valence-corrected chi connectivity index (χ3v) is 6.32. The van der Waals surface area contributed by atoms with Crippen molar-refractivity contribution < 1.29 is 17.9 Å². The molecule has 6 nitrogen and oxygen atoms in total. The Morgan fingerprint density at radius 2 is 1.81 bits per heavy atom. The molecule has 0 radical (unpaired) electrons. The van der Waals surface area contributed by atoms with Gasteiger partial charge in [0.1, 0.15) is 5.75 Å². The molecule has 1 aliphatic rings. The number of anilines is 1. The van der Waals surface area contributed by atoms with E-state index in [2.05, 4.69) is 20.7 Å². The number of rotatable bonds is 7. The van der Waals surface area contributed by atoms with Crippen molar-refractivity contribution in [3.05, 3.63) is 53.0 Å². The van der Waals surface area contributed by atoms with Crippen molar-refractivity contribution in [2.45, 2.75) is 18.2 Å². The Morgan fingerprint density at radius 3 is 2.44 bits per heavy atom. The van der Waals surface area contributed by atoms with E-state index >= 15 is 0 Å². The van der Waals surface area contributed by atoms with Gasteiger partial charge in [-0.1, -0.05) is 15.9 Å². The first-order valence-corrected chi connectivity index (χ1v) is 10.9. The summed E-state index contributed by atoms with van der Waals surface area (Å²) in [7, 11) is -3.59. The number of carbonyl (C=O) groups excluding carboxylic acids is 1. The van der Waals surface area contributed by atoms with Gasteiger partial charge in [0.05, 0.1) is 11.5 Å². The van der Waals surface area contributed by atoms with Crippen LogP contribution in [0.4, 0.5) is 5.69 Å². The summed E-state index contributed by atoms with van der Waals surface area (Å²) >= 11 is 3.29. The molecule has 1 aliphatic heterocycles. The standard InChI is InChI=1S/C19H21BrN2O4S/c1-2-26-17-7-5-16(6-8-17)22-13-14(11-19(22)23)12-21-27(24,25)18-9-3-15(20)4-10-18/h3-10,14,21H,2,11-13H2,1H3. The molecule has 0 saturated carbocycles. The lowest BCUT2D eigenvalue weighted by Crippen LogP contribution is -2.31. The zero-order valence-electron chi connectivity index (χ0n) is 14.9. The molecule has 0 aromatic heterocycles. The first-order chi connectivity index (χ1) is 12.9. The third-order valence-electron chi connectivity index (χ3n) is 4.35. The molecule has 1 heterocycles. The smallest absolute Gasteiger partial charge is 0.240 e. The van der Waals surface area contributed by atoms with Gasteiger partial charge < -0.3 is 9.64 Å². The van der Waals surface area contributed by atoms with Gasteiger partial charge in [0.15, 0.2) is 0 Å². The lowest BCUT2D eigenvalue weighted by Gasteiger charge is -2.17. The van der Waals surface area contributed by atoms with Crippen LogP contribution >= 0.6 is 15.9 Å². The molecule has 0 spiro atoms. The number of ether oxygens (including phenoxy) is 1. The van der Waals surface area contributed by atoms with Crippen LogP contribution in [0.5, 0.6) is 5.75 Å². The first kappa shape index (κ1) is 19.9. The summed E-state index contributed by atoms with van der Waals surface area (Å²) in [5, 5.41) is 0. The average molecular weight is 453 g/mol. The Morgan fingerprint density at radius 1 is 1.15 bits per heavy atom. The van der Waals surface area contributed by atoms with Gasteiger partial charge in [-0.3, -0.25) is 4.79 Å². The summed E-state index contributed by atoms with van der Waals surface area (Å²) in [5.74, 6) is 0.674. The van der Waals surface area contributed by atoms with Crippen LogP contribution in [0.2, 0.25) is 0 Å². The van der Waals surface area contributed by atoms with Crippen LogP contribution < -0.4 is 14.4 Å². The minimum absolute atomic E-state index is 0.00741. The van der Waals surface area contributed by atoms with Crippen LogP contribution in [0.3, 0.4) is 0 Å². The largest absolute Gasteiger partial charge is 0.494 e. The molecule has 144 valence electrons. The molecule has 1 saturated heterocycles. The normalized spacial score (nSPS) is 17.3. The highest BCUT2D eigenvalue weighted by atomic mass is 79.9. The SMILES string of the molecule is CCOc1ccc(N2CC(CNS(=O)(=O)c3ccc(Br)cc3)CC2=O)cc1. The molecular formula is C19H21BrN2O4S. The summed E-state index contributed by atoms with van der Waals surface area (Å²) in [5.41, 5.74) is 0.793. The maximum Gasteiger partial charge on any atom is 0.240 e. The molecular weight excluding hydrogens is 432 g/mol. The second-order valence-corrected chi connectivity index (χ2v) is 8.99. The number of sulfonamides is 1. The van der Waals surface area contributed by atoms with Gasteiger partial charge in [-0.15, -0.1) is 0 Å². The summed E-state index contributed by atoms with van der Waals surface area (Å²) in [6, 6.07) is 13.8. The van der Waals surface area contributed by atoms with Crippen LogP contribution in [0, 0.1) is 5.92 Å². The maximum absolute atomic E-state index is 12.4. The Bertz CT molecular complexity index is 898. The number of benzene rings is 2. The molecule has 27 heavy (non-hydrogen) atoms. The second-order valence-electron chi connectivity index (χ2n) is 6.31. The zero-order chi connectivity index (χ0) is 19.4. The number of nitrogens with zero attached hydrogens (tertiary/aromatic N) is 1. The van der Waals surface area contributed by atoms with Crippen LogP contribution in [0.25, 0.3) is 0 Å². The van der Waals surface area contributed by atoms with Gasteiger partial charge in [-0.05, 0) is 61.4 Å². The number of hydrogen-bond donors (Lipinski definition) is 1. The fraction of sp³-hybridized carbons (Fsp3) is 0.316. The van der Waals surface area contributed by atoms with Crippen molar-refractivity contribution in [1.29, 1.82) is 0 Å². The maximum atomic E-state index is 12.4. The van der Waals surface area contributed by atoms with Crippen molar-refractivity contribution >= 4 is 37.5 Å². The highest BCUT2D eigenvalue weighted by Gasteiger charge is 2.31. The van der Waals surface area contributed by atoms with Gasteiger partial charge in [-0.2, -0.15) is 0 Å². The highest BCUT2D eigenvalue weighted by molar-refractivity contribution is 9.10. The van der Waals surface area contributed by atoms with Crippen LogP contribution in [0.1, 0.15) is 13.3 Å². The molecule has 1 amide bonds. The molecule has 8 heteroatoms. The van der Waals surface area contributed by atoms with Gasteiger partial charge >= 0.3 is 0 Å². The molecule has 3 rings (SSSR count). The molecule has 2 aromatic carbocycles. The van der Waals surface area contributed by atoms with E-state index in [9.17, 15) is 13.2 Å². The minimum atomic E-state index is -3.59. The lowest BCUT2D eigenvalue weighted by molar-refractivity contribution is -0.117. The molecule has 2 aromatic rings. The Labute approximate surface area is 167 Å². The summed E-state index contributed by atoms with van der Waals surface area (Å²) < 4.78 is 33.6. The van der Waals surface area contributed by atoms with E-state index in [-0.39, 0.29) is 23.3 Å². The quantitative estimate of drug-likeness (QED) is 0.699. The molecule has 1 unspecified atom stereocenters. The van der Waals surface area contributed by atoms with Crippen molar-refractivity contribution in [1.82, 2.24) is 4.72 Å². The van der Waals surface area contributed by atoms with Crippen molar-refractivity contribution in [2.24, 2.45) is 5.92 Å². The molecule has 0 aliphatic carbocycles. The Hall–Kier alpha value is -1.90. The monoisotopic (exact) mass is 452 g/mol. The van der Waals surface area contributed by atoms with E-state index in [0.29, 0.717) is 19.6 Å². The van der Waals surface area contributed by atoms with E-state index in [0.717, 1.165) is 15.9 Å². The third kappa shape index (κ3) is 4.88. The summed E-state index contributed by atoms with van der Waals surface area (Å²) in [6.07, 6.45) is 0.316. The Balaban J connectivity index is 1.61. The predicted molar refractivity (Wildman–Crippen MR) is 107 cm³/mol. The Kier molecular flexibility index (Phi) is 6.18. The van der Waals surface area contributed by atoms with E-state index < -0.39 is 10.0 Å². The van der Waals surface area contributed by atoms with Crippen LogP contribution in [-0.2, 0) is 14.8 Å².